The first-order valence-electron chi connectivity index (χ1n) is 7.51. The molecule has 1 heterocycles. The molecule has 2 rings (SSSR count). The summed E-state index contributed by atoms with van der Waals surface area (Å²) in [6.07, 6.45) is 0. The van der Waals surface area contributed by atoms with E-state index in [1.54, 1.807) is 14.2 Å². The van der Waals surface area contributed by atoms with Crippen molar-refractivity contribution in [3.05, 3.63) is 23.8 Å². The summed E-state index contributed by atoms with van der Waals surface area (Å²) in [7, 11) is 5.32. The fraction of sp³-hybridized carbons (Fsp3) is 0.562. The zero-order valence-corrected chi connectivity index (χ0v) is 13.6. The van der Waals surface area contributed by atoms with Gasteiger partial charge in [-0.2, -0.15) is 0 Å². The predicted molar refractivity (Wildman–Crippen MR) is 85.3 cm³/mol. The normalized spacial score (nSPS) is 16.3. The van der Waals surface area contributed by atoms with Crippen molar-refractivity contribution in [1.29, 1.82) is 0 Å². The van der Waals surface area contributed by atoms with E-state index in [1.807, 2.05) is 18.2 Å². The molecule has 1 saturated heterocycles. The molecule has 6 nitrogen and oxygen atoms in total. The Balaban J connectivity index is 1.81. The van der Waals surface area contributed by atoms with Crippen molar-refractivity contribution < 1.29 is 14.3 Å². The Morgan fingerprint density at radius 2 is 1.82 bits per heavy atom. The summed E-state index contributed by atoms with van der Waals surface area (Å²) in [5.74, 6) is 1.42. The van der Waals surface area contributed by atoms with Gasteiger partial charge >= 0.3 is 0 Å². The van der Waals surface area contributed by atoms with E-state index in [4.69, 9.17) is 9.47 Å². The first-order valence-corrected chi connectivity index (χ1v) is 7.51. The number of hydrogen-bond donors (Lipinski definition) is 1. The molecule has 1 aromatic carbocycles. The van der Waals surface area contributed by atoms with E-state index in [0.29, 0.717) is 24.6 Å². The number of amides is 1. The lowest BCUT2D eigenvalue weighted by atomic mass is 10.2. The summed E-state index contributed by atoms with van der Waals surface area (Å²) in [5, 5.41) is 2.96. The van der Waals surface area contributed by atoms with Gasteiger partial charge in [-0.25, -0.2) is 0 Å². The maximum atomic E-state index is 12.0. The van der Waals surface area contributed by atoms with Crippen molar-refractivity contribution in [2.75, 3.05) is 54.0 Å². The van der Waals surface area contributed by atoms with E-state index < -0.39 is 0 Å². The number of methoxy groups -OCH3 is 2. The summed E-state index contributed by atoms with van der Waals surface area (Å²) in [6, 6.07) is 5.66. The molecule has 1 aliphatic heterocycles. The highest BCUT2D eigenvalue weighted by atomic mass is 16.5. The van der Waals surface area contributed by atoms with Gasteiger partial charge in [-0.3, -0.25) is 9.69 Å². The molecule has 1 aromatic rings. The van der Waals surface area contributed by atoms with Crippen molar-refractivity contribution in [3.8, 4) is 11.5 Å². The summed E-state index contributed by atoms with van der Waals surface area (Å²) < 4.78 is 10.5. The van der Waals surface area contributed by atoms with Gasteiger partial charge < -0.3 is 19.7 Å². The van der Waals surface area contributed by atoms with Crippen LogP contribution in [0.2, 0.25) is 0 Å². The summed E-state index contributed by atoms with van der Waals surface area (Å²) >= 11 is 0. The van der Waals surface area contributed by atoms with Crippen LogP contribution in [0.1, 0.15) is 5.56 Å². The molecule has 0 bridgehead atoms. The lowest BCUT2D eigenvalue weighted by Crippen LogP contribution is -2.48. The van der Waals surface area contributed by atoms with Crippen LogP contribution in [-0.2, 0) is 11.3 Å². The topological polar surface area (TPSA) is 54.0 Å². The third-order valence-corrected chi connectivity index (χ3v) is 3.90. The van der Waals surface area contributed by atoms with Crippen LogP contribution in [0.5, 0.6) is 11.5 Å². The van der Waals surface area contributed by atoms with E-state index in [2.05, 4.69) is 22.2 Å². The minimum atomic E-state index is 0.0549. The molecule has 0 unspecified atom stereocenters. The quantitative estimate of drug-likeness (QED) is 0.833. The number of carbonyl (C=O) groups excluding carboxylic acids is 1. The second-order valence-corrected chi connectivity index (χ2v) is 5.55. The summed E-state index contributed by atoms with van der Waals surface area (Å²) in [4.78, 5) is 16.5. The highest BCUT2D eigenvalue weighted by Gasteiger charge is 2.16. The second-order valence-electron chi connectivity index (χ2n) is 5.55. The van der Waals surface area contributed by atoms with Crippen LogP contribution in [0.3, 0.4) is 0 Å². The standard InChI is InChI=1S/C16H25N3O3/c1-18-6-8-19(9-7-18)12-16(20)17-11-13-4-5-14(21-2)15(10-13)22-3/h4-5,10H,6-9,11-12H2,1-3H3,(H,17,20). The number of likely N-dealkylation sites (N-methyl/N-ethyl adjacent to an activating group) is 1. The molecule has 0 radical (unpaired) electrons. The first-order chi connectivity index (χ1) is 10.6. The molecule has 1 N–H and O–H groups in total. The lowest BCUT2D eigenvalue weighted by Gasteiger charge is -2.31. The van der Waals surface area contributed by atoms with Crippen molar-refractivity contribution in [2.24, 2.45) is 0 Å². The minimum absolute atomic E-state index is 0.0549. The second kappa shape index (κ2) is 8.00. The van der Waals surface area contributed by atoms with Gasteiger partial charge in [0.2, 0.25) is 5.91 Å². The zero-order chi connectivity index (χ0) is 15.9. The smallest absolute Gasteiger partial charge is 0.234 e. The van der Waals surface area contributed by atoms with Gasteiger partial charge in [0, 0.05) is 32.7 Å². The Kier molecular flexibility index (Phi) is 6.03. The molecule has 1 fully saturated rings. The fourth-order valence-corrected chi connectivity index (χ4v) is 2.46. The molecule has 122 valence electrons. The van der Waals surface area contributed by atoms with Gasteiger partial charge in [-0.1, -0.05) is 6.07 Å². The molecule has 1 amide bonds. The maximum absolute atomic E-state index is 12.0. The minimum Gasteiger partial charge on any atom is -0.493 e. The third kappa shape index (κ3) is 4.61. The summed E-state index contributed by atoms with van der Waals surface area (Å²) in [6.45, 7) is 4.88. The molecule has 6 heteroatoms. The molecule has 0 aromatic heterocycles. The largest absolute Gasteiger partial charge is 0.493 e. The monoisotopic (exact) mass is 307 g/mol. The SMILES string of the molecule is COc1ccc(CNC(=O)CN2CCN(C)CC2)cc1OC. The highest BCUT2D eigenvalue weighted by molar-refractivity contribution is 5.78. The van der Waals surface area contributed by atoms with E-state index in [-0.39, 0.29) is 5.91 Å². The zero-order valence-electron chi connectivity index (χ0n) is 13.6. The number of rotatable bonds is 6. The first kappa shape index (κ1) is 16.6. The van der Waals surface area contributed by atoms with Crippen LogP contribution in [0.25, 0.3) is 0 Å². The number of ether oxygens (including phenoxy) is 2. The van der Waals surface area contributed by atoms with Crippen LogP contribution in [-0.4, -0.2) is 69.7 Å². The van der Waals surface area contributed by atoms with Gasteiger partial charge in [0.15, 0.2) is 11.5 Å². The number of nitrogens with zero attached hydrogens (tertiary/aromatic N) is 2. The fourth-order valence-electron chi connectivity index (χ4n) is 2.46. The van der Waals surface area contributed by atoms with Gasteiger partial charge in [0.25, 0.3) is 0 Å². The number of benzene rings is 1. The van der Waals surface area contributed by atoms with Gasteiger partial charge in [0.05, 0.1) is 20.8 Å². The van der Waals surface area contributed by atoms with Crippen molar-refractivity contribution in [2.45, 2.75) is 6.54 Å². The number of hydrogen-bond acceptors (Lipinski definition) is 5. The summed E-state index contributed by atoms with van der Waals surface area (Å²) in [5.41, 5.74) is 0.990. The lowest BCUT2D eigenvalue weighted by molar-refractivity contribution is -0.122. The molecule has 0 aliphatic carbocycles. The molecule has 0 atom stereocenters. The van der Waals surface area contributed by atoms with Crippen LogP contribution in [0.15, 0.2) is 18.2 Å². The predicted octanol–water partition coefficient (Wildman–Crippen LogP) is 0.567. The van der Waals surface area contributed by atoms with E-state index in [1.165, 1.54) is 0 Å². The molecule has 0 spiro atoms. The van der Waals surface area contributed by atoms with Crippen LogP contribution >= 0.6 is 0 Å². The highest BCUT2D eigenvalue weighted by Crippen LogP contribution is 2.27. The van der Waals surface area contributed by atoms with E-state index >= 15 is 0 Å². The average Bonchev–Trinajstić information content (AvgIpc) is 2.54. The van der Waals surface area contributed by atoms with Gasteiger partial charge in [-0.15, -0.1) is 0 Å². The Labute approximate surface area is 132 Å². The average molecular weight is 307 g/mol. The Hall–Kier alpha value is -1.79. The molecular weight excluding hydrogens is 282 g/mol. The van der Waals surface area contributed by atoms with Gasteiger partial charge in [-0.05, 0) is 24.7 Å². The molecule has 0 saturated carbocycles. The van der Waals surface area contributed by atoms with Crippen molar-refractivity contribution in [1.82, 2.24) is 15.1 Å². The van der Waals surface area contributed by atoms with Crippen LogP contribution in [0, 0.1) is 0 Å². The number of nitrogens with one attached hydrogen (secondary N) is 1. The maximum Gasteiger partial charge on any atom is 0.234 e. The van der Waals surface area contributed by atoms with Crippen LogP contribution in [0.4, 0.5) is 0 Å². The Morgan fingerprint density at radius 1 is 1.14 bits per heavy atom. The van der Waals surface area contributed by atoms with Crippen molar-refractivity contribution >= 4 is 5.91 Å². The molecular formula is C16H25N3O3. The van der Waals surface area contributed by atoms with Gasteiger partial charge in [0.1, 0.15) is 0 Å². The third-order valence-electron chi connectivity index (χ3n) is 3.90. The van der Waals surface area contributed by atoms with E-state index in [9.17, 15) is 4.79 Å². The molecule has 1 aliphatic rings. The Morgan fingerprint density at radius 3 is 2.45 bits per heavy atom. The number of carbonyl (C=O) groups is 1. The molecule has 22 heavy (non-hydrogen) atoms. The number of piperazine rings is 1. The van der Waals surface area contributed by atoms with Crippen molar-refractivity contribution in [3.63, 3.8) is 0 Å². The van der Waals surface area contributed by atoms with Crippen LogP contribution < -0.4 is 14.8 Å². The van der Waals surface area contributed by atoms with E-state index in [0.717, 1.165) is 31.7 Å². The Bertz CT molecular complexity index is 499.